The molecule has 1 heterocycles. The van der Waals surface area contributed by atoms with Crippen molar-refractivity contribution in [2.75, 3.05) is 7.05 Å². The Morgan fingerprint density at radius 2 is 1.61 bits per heavy atom. The van der Waals surface area contributed by atoms with E-state index in [9.17, 15) is 19.5 Å². The summed E-state index contributed by atoms with van der Waals surface area (Å²) in [6.07, 6.45) is 0.308. The maximum absolute atomic E-state index is 13.1. The van der Waals surface area contributed by atoms with E-state index in [1.807, 2.05) is 72.8 Å². The molecule has 4 atom stereocenters. The molecule has 1 unspecified atom stereocenters. The summed E-state index contributed by atoms with van der Waals surface area (Å²) in [5.74, 6) is -1.82. The number of hydrogen-bond acceptors (Lipinski definition) is 4. The number of likely N-dealkylation sites (N-methyl/N-ethyl adjacent to an activating group) is 1. The Labute approximate surface area is 214 Å². The molecule has 33 heavy (non-hydrogen) atoms. The van der Waals surface area contributed by atoms with E-state index in [2.05, 4.69) is 10.6 Å². The second-order valence-corrected chi connectivity index (χ2v) is 8.00. The predicted molar refractivity (Wildman–Crippen MR) is 127 cm³/mol. The van der Waals surface area contributed by atoms with Crippen LogP contribution in [-0.2, 0) is 27.3 Å². The van der Waals surface area contributed by atoms with Crippen LogP contribution in [0, 0.1) is 0 Å². The van der Waals surface area contributed by atoms with E-state index >= 15 is 0 Å². The Balaban J connectivity index is 0.00000306. The quantitative estimate of drug-likeness (QED) is 0.355. The first-order valence-corrected chi connectivity index (χ1v) is 10.5. The van der Waals surface area contributed by atoms with Crippen LogP contribution in [0.5, 0.6) is 0 Å². The second kappa shape index (κ2) is 10.9. The third-order valence-corrected chi connectivity index (χ3v) is 5.86. The average molecular weight is 454 g/mol. The minimum absolute atomic E-state index is 0. The van der Waals surface area contributed by atoms with Crippen LogP contribution in [0.1, 0.15) is 11.1 Å². The molecule has 0 bridgehead atoms. The third-order valence-electron chi connectivity index (χ3n) is 5.86. The van der Waals surface area contributed by atoms with E-state index in [4.69, 9.17) is 0 Å². The van der Waals surface area contributed by atoms with Crippen LogP contribution in [0.25, 0.3) is 10.8 Å². The molecule has 3 aromatic carbocycles. The molecule has 1 aliphatic rings. The number of rotatable bonds is 8. The van der Waals surface area contributed by atoms with E-state index in [0.717, 1.165) is 21.9 Å². The van der Waals surface area contributed by atoms with Crippen LogP contribution in [0.4, 0.5) is 0 Å². The average Bonchev–Trinajstić information content (AvgIpc) is 3.49. The van der Waals surface area contributed by atoms with Crippen molar-refractivity contribution in [2.24, 2.45) is 0 Å². The van der Waals surface area contributed by atoms with Gasteiger partial charge in [0.15, 0.2) is 0 Å². The maximum atomic E-state index is 13.1. The fourth-order valence-electron chi connectivity index (χ4n) is 4.05. The van der Waals surface area contributed by atoms with Crippen molar-refractivity contribution in [1.82, 2.24) is 15.5 Å². The number of hydrogen-bond donors (Lipinski definition) is 3. The largest absolute Gasteiger partial charge is 0.480 e. The monoisotopic (exact) mass is 454 g/mol. The molecular formula is C25H25N3NaO4. The van der Waals surface area contributed by atoms with Gasteiger partial charge in [0.25, 0.3) is 0 Å². The summed E-state index contributed by atoms with van der Waals surface area (Å²) >= 11 is 0. The summed E-state index contributed by atoms with van der Waals surface area (Å²) in [7, 11) is 1.58. The molecule has 1 saturated heterocycles. The minimum atomic E-state index is -1.05. The molecule has 3 N–H and O–H groups in total. The van der Waals surface area contributed by atoms with Crippen LogP contribution in [0.15, 0.2) is 72.8 Å². The molecule has 1 radical (unpaired) electrons. The Kier molecular flexibility index (Phi) is 8.26. The standard InChI is InChI=1S/C25H25N3O4.Na/c1-28-21(22(28)25(31)32)24(30)27-20(14-16-8-3-2-4-9-16)23(29)26-15-18-12-7-11-17-10-5-6-13-19(17)18;/h2-13,20-22H,14-15H2,1H3,(H,26,29)(H,27,30)(H,31,32);/t20-,21-,22-,28?;/m0./s1. The van der Waals surface area contributed by atoms with E-state index in [1.165, 1.54) is 4.90 Å². The number of carbonyl (C=O) groups is 3. The Bertz CT molecular complexity index is 1150. The predicted octanol–water partition coefficient (Wildman–Crippen LogP) is 1.57. The maximum Gasteiger partial charge on any atom is 0.323 e. The molecule has 8 heteroatoms. The molecule has 3 aromatic rings. The number of carbonyl (C=O) groups excluding carboxylic acids is 2. The Hall–Kier alpha value is -2.71. The molecule has 165 valence electrons. The zero-order valence-corrected chi connectivity index (χ0v) is 20.7. The fourth-order valence-corrected chi connectivity index (χ4v) is 4.05. The summed E-state index contributed by atoms with van der Waals surface area (Å²) in [5.41, 5.74) is 1.88. The smallest absolute Gasteiger partial charge is 0.323 e. The summed E-state index contributed by atoms with van der Waals surface area (Å²) in [6.45, 7) is 0.322. The minimum Gasteiger partial charge on any atom is -0.480 e. The van der Waals surface area contributed by atoms with Crippen LogP contribution in [0.2, 0.25) is 0 Å². The third kappa shape index (κ3) is 5.81. The van der Waals surface area contributed by atoms with E-state index in [0.29, 0.717) is 13.0 Å². The first-order chi connectivity index (χ1) is 15.5. The van der Waals surface area contributed by atoms with Gasteiger partial charge in [-0.25, -0.2) is 0 Å². The molecular weight excluding hydrogens is 429 g/mol. The molecule has 1 fully saturated rings. The number of carboxylic acid groups (broad SMARTS) is 1. The van der Waals surface area contributed by atoms with Crippen LogP contribution >= 0.6 is 0 Å². The van der Waals surface area contributed by atoms with Crippen LogP contribution in [-0.4, -0.2) is 82.5 Å². The van der Waals surface area contributed by atoms with Crippen LogP contribution < -0.4 is 10.6 Å². The molecule has 4 rings (SSSR count). The molecule has 2 amide bonds. The Morgan fingerprint density at radius 1 is 0.939 bits per heavy atom. The molecule has 0 saturated carbocycles. The summed E-state index contributed by atoms with van der Waals surface area (Å²) in [4.78, 5) is 38.5. The fraction of sp³-hybridized carbons (Fsp3) is 0.240. The van der Waals surface area contributed by atoms with Crippen molar-refractivity contribution >= 4 is 58.1 Å². The van der Waals surface area contributed by atoms with Gasteiger partial charge in [-0.1, -0.05) is 72.8 Å². The van der Waals surface area contributed by atoms with Crippen molar-refractivity contribution < 1.29 is 19.5 Å². The van der Waals surface area contributed by atoms with Gasteiger partial charge < -0.3 is 15.7 Å². The van der Waals surface area contributed by atoms with Crippen molar-refractivity contribution in [3.8, 4) is 0 Å². The molecule has 0 aliphatic carbocycles. The molecule has 0 spiro atoms. The summed E-state index contributed by atoms with van der Waals surface area (Å²) in [6, 6.07) is 20.8. The zero-order chi connectivity index (χ0) is 22.7. The van der Waals surface area contributed by atoms with Crippen molar-refractivity contribution in [1.29, 1.82) is 0 Å². The first kappa shape index (κ1) is 24.9. The number of carboxylic acids is 1. The number of nitrogens with zero attached hydrogens (tertiary/aromatic N) is 1. The van der Waals surface area contributed by atoms with Crippen molar-refractivity contribution in [3.63, 3.8) is 0 Å². The Morgan fingerprint density at radius 3 is 2.30 bits per heavy atom. The first-order valence-electron chi connectivity index (χ1n) is 10.5. The van der Waals surface area contributed by atoms with E-state index in [1.54, 1.807) is 7.05 Å². The number of nitrogens with one attached hydrogen (secondary N) is 2. The van der Waals surface area contributed by atoms with Gasteiger partial charge in [-0.3, -0.25) is 19.3 Å². The number of benzene rings is 3. The van der Waals surface area contributed by atoms with E-state index < -0.39 is 30.0 Å². The topological polar surface area (TPSA) is 98.5 Å². The van der Waals surface area contributed by atoms with Gasteiger partial charge in [-0.2, -0.15) is 0 Å². The van der Waals surface area contributed by atoms with Gasteiger partial charge in [0.2, 0.25) is 11.8 Å². The van der Waals surface area contributed by atoms with Gasteiger partial charge in [-0.15, -0.1) is 0 Å². The van der Waals surface area contributed by atoms with E-state index in [-0.39, 0.29) is 35.5 Å². The number of amides is 2. The SMILES string of the molecule is CN1[C@H](C(=O)O)[C@H]1C(=O)N[C@@H](Cc1ccccc1)C(=O)NCc1cccc2ccccc12.[Na]. The summed E-state index contributed by atoms with van der Waals surface area (Å²) in [5, 5.41) is 17.1. The second-order valence-electron chi connectivity index (χ2n) is 8.00. The molecule has 0 aromatic heterocycles. The molecule has 1 aliphatic heterocycles. The van der Waals surface area contributed by atoms with Gasteiger partial charge >= 0.3 is 5.97 Å². The van der Waals surface area contributed by atoms with Gasteiger partial charge in [-0.05, 0) is 28.9 Å². The van der Waals surface area contributed by atoms with Crippen LogP contribution in [0.3, 0.4) is 0 Å². The zero-order valence-electron chi connectivity index (χ0n) is 18.7. The summed E-state index contributed by atoms with van der Waals surface area (Å²) < 4.78 is 0. The number of aliphatic carboxylic acids is 1. The van der Waals surface area contributed by atoms with Gasteiger partial charge in [0.05, 0.1) is 0 Å². The van der Waals surface area contributed by atoms with Gasteiger partial charge in [0.1, 0.15) is 18.1 Å². The van der Waals surface area contributed by atoms with Gasteiger partial charge in [0, 0.05) is 42.5 Å². The molecule has 7 nitrogen and oxygen atoms in total. The normalized spacial score (nSPS) is 19.7. The van der Waals surface area contributed by atoms with Crippen molar-refractivity contribution in [3.05, 3.63) is 83.9 Å². The van der Waals surface area contributed by atoms with Crippen molar-refractivity contribution in [2.45, 2.75) is 31.1 Å². The number of fused-ring (bicyclic) bond motifs is 1.